The zero-order valence-corrected chi connectivity index (χ0v) is 23.5. The van der Waals surface area contributed by atoms with Crippen LogP contribution in [0.2, 0.25) is 0 Å². The van der Waals surface area contributed by atoms with Crippen molar-refractivity contribution < 1.29 is 90.7 Å². The third kappa shape index (κ3) is 114. The standard InChI is InChI=1S/C2H3F3.CClF3O2S.CH3ClO2S.CHF3O3S.CH4O3S.Cl2O2S/c1-2(3,4)5;2-8(6,7)1(3,4)5;1-5(2,3)4;2-1(3,4)8(5,6)7;2*1-5(2,3)4/h1H3;;1H3;(H,5,6,7);1H3,(H,2,3,4);. The molecule has 0 saturated carbocycles. The van der Waals surface area contributed by atoms with Gasteiger partial charge in [-0.2, -0.15) is 64.8 Å². The van der Waals surface area contributed by atoms with Crippen LogP contribution in [0.4, 0.5) is 39.5 Å². The first-order chi connectivity index (χ1) is 14.5. The van der Waals surface area contributed by atoms with Crippen molar-refractivity contribution in [3.8, 4) is 0 Å². The fraction of sp³-hybridized carbons (Fsp3) is 1.00. The van der Waals surface area contributed by atoms with Crippen LogP contribution in [-0.4, -0.2) is 80.9 Å². The van der Waals surface area contributed by atoms with Gasteiger partial charge in [-0.1, -0.05) is 0 Å². The Kier molecular flexibility index (Phi) is 24.2. The summed E-state index contributed by atoms with van der Waals surface area (Å²) in [4.78, 5) is 0. The van der Waals surface area contributed by atoms with E-state index >= 15 is 0 Å². The van der Waals surface area contributed by atoms with E-state index in [2.05, 4.69) is 42.7 Å². The molecule has 0 amide bonds. The number of rotatable bonds is 0. The predicted molar refractivity (Wildman–Crippen MR) is 109 cm³/mol. The van der Waals surface area contributed by atoms with Gasteiger partial charge in [0.05, 0.1) is 12.5 Å². The smallest absolute Gasteiger partial charge is 0.286 e. The van der Waals surface area contributed by atoms with Gasteiger partial charge in [0.25, 0.3) is 10.1 Å². The van der Waals surface area contributed by atoms with E-state index in [9.17, 15) is 64.8 Å². The first-order valence-corrected chi connectivity index (χ1v) is 17.5. The lowest BCUT2D eigenvalue weighted by Crippen LogP contribution is -2.21. The summed E-state index contributed by atoms with van der Waals surface area (Å²) in [6.07, 6.45) is -2.36. The van der Waals surface area contributed by atoms with Crippen molar-refractivity contribution in [3.05, 3.63) is 0 Å². The fourth-order valence-corrected chi connectivity index (χ4v) is 0. The van der Waals surface area contributed by atoms with Crippen LogP contribution in [-0.2, 0) is 46.6 Å². The molecule has 0 bridgehead atoms. The van der Waals surface area contributed by atoms with Crippen molar-refractivity contribution in [2.75, 3.05) is 12.5 Å². The van der Waals surface area contributed by atoms with Crippen LogP contribution in [0.3, 0.4) is 0 Å². The van der Waals surface area contributed by atoms with Crippen LogP contribution in [0.15, 0.2) is 0 Å². The van der Waals surface area contributed by atoms with Gasteiger partial charge < -0.3 is 0 Å². The summed E-state index contributed by atoms with van der Waals surface area (Å²) in [5, 5.41) is 0. The van der Waals surface area contributed by atoms with Crippen molar-refractivity contribution in [3.63, 3.8) is 0 Å². The average Bonchev–Trinajstić information content (AvgIpc) is 2.24. The zero-order chi connectivity index (χ0) is 32.0. The Morgan fingerprint density at radius 3 is 0.611 bits per heavy atom. The van der Waals surface area contributed by atoms with Crippen molar-refractivity contribution in [2.45, 2.75) is 24.1 Å². The molecule has 0 heterocycles. The minimum atomic E-state index is -5.84. The molecule has 0 aromatic carbocycles. The molecule has 36 heavy (non-hydrogen) atoms. The molecule has 0 aliphatic rings. The maximum atomic E-state index is 10.8. The van der Waals surface area contributed by atoms with E-state index in [4.69, 9.17) is 25.9 Å². The van der Waals surface area contributed by atoms with Gasteiger partial charge in [0.15, 0.2) is 0 Å². The fourth-order valence-electron chi connectivity index (χ4n) is 0. The molecule has 0 radical (unpaired) electrons. The van der Waals surface area contributed by atoms with Gasteiger partial charge in [0.1, 0.15) is 0 Å². The van der Waals surface area contributed by atoms with Crippen LogP contribution in [0.25, 0.3) is 0 Å². The number of alkyl halides is 9. The number of halogens is 13. The molecule has 0 aliphatic carbocycles. The summed E-state index contributed by atoms with van der Waals surface area (Å²) >= 11 is 0. The second-order valence-corrected chi connectivity index (χ2v) is 16.5. The highest BCUT2D eigenvalue weighted by Crippen LogP contribution is 2.26. The first kappa shape index (κ1) is 49.2. The molecule has 30 heteroatoms. The van der Waals surface area contributed by atoms with Crippen molar-refractivity contribution in [2.24, 2.45) is 0 Å². The zero-order valence-electron chi connectivity index (χ0n) is 16.4. The Balaban J connectivity index is -0.0000000762. The molecule has 12 nitrogen and oxygen atoms in total. The van der Waals surface area contributed by atoms with Crippen LogP contribution in [0, 0.1) is 0 Å². The number of hydrogen-bond acceptors (Lipinski definition) is 10. The SMILES string of the molecule is CC(F)(F)F.CS(=O)(=O)Cl.CS(=O)(=O)O.O=S(=O)(Cl)C(F)(F)F.O=S(=O)(Cl)Cl.O=S(=O)(O)C(F)(F)F. The molecule has 0 fully saturated rings. The van der Waals surface area contributed by atoms with Crippen molar-refractivity contribution in [1.82, 2.24) is 0 Å². The summed E-state index contributed by atoms with van der Waals surface area (Å²) < 4.78 is 203. The Labute approximate surface area is 215 Å². The van der Waals surface area contributed by atoms with Gasteiger partial charge in [-0.25, -0.2) is 16.8 Å². The summed E-state index contributed by atoms with van der Waals surface area (Å²) in [6.45, 7) is 0.188. The number of hydrogen-bond donors (Lipinski definition) is 2. The molecular formula is C6H11Cl4F9O12S5. The van der Waals surface area contributed by atoms with E-state index in [0.29, 0.717) is 6.26 Å². The highest BCUT2D eigenvalue weighted by molar-refractivity contribution is 8.31. The molecule has 0 spiro atoms. The van der Waals surface area contributed by atoms with Gasteiger partial charge in [0, 0.05) is 49.7 Å². The van der Waals surface area contributed by atoms with Crippen LogP contribution in [0.1, 0.15) is 6.92 Å². The predicted octanol–water partition coefficient (Wildman–Crippen LogP) is 3.44. The van der Waals surface area contributed by atoms with Crippen LogP contribution in [0.5, 0.6) is 0 Å². The maximum Gasteiger partial charge on any atom is 0.522 e. The molecule has 0 rings (SSSR count). The molecule has 228 valence electrons. The topological polar surface area (TPSA) is 211 Å². The lowest BCUT2D eigenvalue weighted by molar-refractivity contribution is -0.110. The molecular weight excluding hydrogens is 737 g/mol. The second-order valence-electron chi connectivity index (χ2n) is 4.38. The Morgan fingerprint density at radius 1 is 0.556 bits per heavy atom. The summed E-state index contributed by atoms with van der Waals surface area (Å²) in [5.41, 5.74) is -10.9. The summed E-state index contributed by atoms with van der Waals surface area (Å²) in [7, 11) is -4.90. The molecule has 0 aliphatic heterocycles. The normalized spacial score (nSPS) is 12.7. The van der Waals surface area contributed by atoms with E-state index in [0.717, 1.165) is 6.26 Å². The van der Waals surface area contributed by atoms with E-state index in [-0.39, 0.29) is 6.92 Å². The largest absolute Gasteiger partial charge is 0.522 e. The Hall–Kier alpha value is 0.200. The quantitative estimate of drug-likeness (QED) is 0.158. The Morgan fingerprint density at radius 2 is 0.611 bits per heavy atom. The first-order valence-electron chi connectivity index (χ1n) is 6.07. The van der Waals surface area contributed by atoms with Crippen LogP contribution >= 0.6 is 42.7 Å². The monoisotopic (exact) mass is 746 g/mol. The summed E-state index contributed by atoms with van der Waals surface area (Å²) in [5.74, 6) is 0. The minimum Gasteiger partial charge on any atom is -0.286 e. The molecule has 0 atom stereocenters. The van der Waals surface area contributed by atoms with Gasteiger partial charge >= 0.3 is 44.6 Å². The lowest BCUT2D eigenvalue weighted by atomic mass is 10.8. The molecule has 2 N–H and O–H groups in total. The summed E-state index contributed by atoms with van der Waals surface area (Å²) in [6, 6.07) is 0. The van der Waals surface area contributed by atoms with Gasteiger partial charge in [0.2, 0.25) is 9.05 Å². The highest BCUT2D eigenvalue weighted by atomic mass is 36.0. The Bertz CT molecular complexity index is 994. The van der Waals surface area contributed by atoms with E-state index in [1.165, 1.54) is 0 Å². The van der Waals surface area contributed by atoms with Gasteiger partial charge in [-0.3, -0.25) is 9.11 Å². The minimum absolute atomic E-state index is 0.188. The highest BCUT2D eigenvalue weighted by Gasteiger charge is 2.44. The van der Waals surface area contributed by atoms with Crippen molar-refractivity contribution in [1.29, 1.82) is 0 Å². The third-order valence-electron chi connectivity index (χ3n) is 0.569. The third-order valence-corrected chi connectivity index (χ3v) is 2.23. The molecule has 0 saturated heterocycles. The van der Waals surface area contributed by atoms with Gasteiger partial charge in [-0.05, 0) is 0 Å². The molecule has 0 unspecified atom stereocenters. The van der Waals surface area contributed by atoms with Crippen molar-refractivity contribution >= 4 is 89.3 Å². The van der Waals surface area contributed by atoms with E-state index in [1.54, 1.807) is 0 Å². The molecule has 0 aromatic heterocycles. The van der Waals surface area contributed by atoms with Gasteiger partial charge in [-0.15, -0.1) is 0 Å². The van der Waals surface area contributed by atoms with E-state index in [1.807, 2.05) is 0 Å². The average molecular weight is 748 g/mol. The van der Waals surface area contributed by atoms with Crippen LogP contribution < -0.4 is 0 Å². The molecule has 0 aromatic rings. The maximum absolute atomic E-state index is 10.8. The lowest BCUT2D eigenvalue weighted by Gasteiger charge is -1.97. The van der Waals surface area contributed by atoms with E-state index < -0.39 is 63.8 Å². The second kappa shape index (κ2) is 17.7.